The first-order valence-electron chi connectivity index (χ1n) is 4.86. The zero-order valence-corrected chi connectivity index (χ0v) is 10.2. The molecule has 0 amide bonds. The monoisotopic (exact) mass is 228 g/mol. The third-order valence-electron chi connectivity index (χ3n) is 2.10. The Bertz CT molecular complexity index is 286. The summed E-state index contributed by atoms with van der Waals surface area (Å²) >= 11 is 5.64. The van der Waals surface area contributed by atoms with Crippen molar-refractivity contribution < 1.29 is 0 Å². The van der Waals surface area contributed by atoms with E-state index in [1.54, 1.807) is 12.4 Å². The molecule has 0 saturated carbocycles. The Labute approximate surface area is 95.9 Å². The van der Waals surface area contributed by atoms with Gasteiger partial charge in [-0.2, -0.15) is 0 Å². The van der Waals surface area contributed by atoms with Crippen LogP contribution in [0.1, 0.15) is 5.69 Å². The van der Waals surface area contributed by atoms with Crippen molar-refractivity contribution in [1.29, 1.82) is 0 Å². The first-order valence-corrected chi connectivity index (χ1v) is 5.39. The van der Waals surface area contributed by atoms with Crippen molar-refractivity contribution in [1.82, 2.24) is 14.9 Å². The number of likely N-dealkylation sites (N-methyl/N-ethyl adjacent to an activating group) is 2. The lowest BCUT2D eigenvalue weighted by molar-refractivity contribution is 0.416. The van der Waals surface area contributed by atoms with Gasteiger partial charge in [-0.25, -0.2) is 4.98 Å². The highest BCUT2D eigenvalue weighted by molar-refractivity contribution is 6.16. The van der Waals surface area contributed by atoms with Crippen molar-refractivity contribution in [2.75, 3.05) is 39.1 Å². The lowest BCUT2D eigenvalue weighted by atomic mass is 10.4. The normalized spacial score (nSPS) is 10.7. The molecule has 0 bridgehead atoms. The van der Waals surface area contributed by atoms with Crippen molar-refractivity contribution in [2.45, 2.75) is 5.88 Å². The fourth-order valence-corrected chi connectivity index (χ4v) is 1.22. The Morgan fingerprint density at radius 1 is 1.13 bits per heavy atom. The van der Waals surface area contributed by atoms with Crippen molar-refractivity contribution in [3.05, 3.63) is 18.1 Å². The van der Waals surface area contributed by atoms with Crippen LogP contribution in [0.3, 0.4) is 0 Å². The van der Waals surface area contributed by atoms with Gasteiger partial charge in [0.25, 0.3) is 0 Å². The topological polar surface area (TPSA) is 32.3 Å². The summed E-state index contributed by atoms with van der Waals surface area (Å²) in [5.41, 5.74) is 0.807. The molecule has 0 aliphatic rings. The Morgan fingerprint density at radius 2 is 1.87 bits per heavy atom. The Hall–Kier alpha value is -0.870. The number of halogens is 1. The summed E-state index contributed by atoms with van der Waals surface area (Å²) in [5, 5.41) is 0. The van der Waals surface area contributed by atoms with Crippen LogP contribution >= 0.6 is 11.6 Å². The predicted octanol–water partition coefficient (Wildman–Crippen LogP) is 1.21. The molecule has 15 heavy (non-hydrogen) atoms. The minimum absolute atomic E-state index is 0.411. The molecule has 4 nitrogen and oxygen atoms in total. The fraction of sp³-hybridized carbons (Fsp3) is 0.600. The van der Waals surface area contributed by atoms with Gasteiger partial charge in [-0.05, 0) is 14.1 Å². The Kier molecular flexibility index (Phi) is 4.78. The first-order chi connectivity index (χ1) is 7.13. The second kappa shape index (κ2) is 5.88. The second-order valence-electron chi connectivity index (χ2n) is 3.72. The predicted molar refractivity (Wildman–Crippen MR) is 63.4 cm³/mol. The zero-order valence-electron chi connectivity index (χ0n) is 9.44. The van der Waals surface area contributed by atoms with Crippen LogP contribution in [0, 0.1) is 0 Å². The van der Waals surface area contributed by atoms with Gasteiger partial charge in [0.1, 0.15) is 5.82 Å². The number of aromatic nitrogens is 2. The standard InChI is InChI=1S/C10H17ClN4/c1-14(2)4-5-15(3)10-8-12-9(6-11)7-13-10/h7-8H,4-6H2,1-3H3. The molecule has 5 heteroatoms. The van der Waals surface area contributed by atoms with E-state index in [4.69, 9.17) is 11.6 Å². The van der Waals surface area contributed by atoms with Gasteiger partial charge in [0.05, 0.1) is 24.0 Å². The average Bonchev–Trinajstić information content (AvgIpc) is 2.26. The molecule has 0 atom stereocenters. The number of rotatable bonds is 5. The number of hydrogen-bond donors (Lipinski definition) is 0. The zero-order chi connectivity index (χ0) is 11.3. The summed E-state index contributed by atoms with van der Waals surface area (Å²) in [6.45, 7) is 1.93. The molecule has 0 aliphatic heterocycles. The summed E-state index contributed by atoms with van der Waals surface area (Å²) in [6.07, 6.45) is 3.47. The molecule has 84 valence electrons. The maximum absolute atomic E-state index is 5.64. The lowest BCUT2D eigenvalue weighted by Gasteiger charge is -2.20. The second-order valence-corrected chi connectivity index (χ2v) is 3.99. The van der Waals surface area contributed by atoms with Gasteiger partial charge in [0.2, 0.25) is 0 Å². The molecule has 1 rings (SSSR count). The van der Waals surface area contributed by atoms with Crippen molar-refractivity contribution in [3.63, 3.8) is 0 Å². The Morgan fingerprint density at radius 3 is 2.33 bits per heavy atom. The third kappa shape index (κ3) is 4.01. The SMILES string of the molecule is CN(C)CCN(C)c1cnc(CCl)cn1. The van der Waals surface area contributed by atoms with Crippen LogP contribution < -0.4 is 4.90 Å². The minimum Gasteiger partial charge on any atom is -0.357 e. The van der Waals surface area contributed by atoms with Gasteiger partial charge in [0.15, 0.2) is 0 Å². The highest BCUT2D eigenvalue weighted by Gasteiger charge is 2.03. The number of alkyl halides is 1. The first kappa shape index (κ1) is 12.2. The summed E-state index contributed by atoms with van der Waals surface area (Å²) in [7, 11) is 6.11. The largest absolute Gasteiger partial charge is 0.357 e. The summed E-state index contributed by atoms with van der Waals surface area (Å²) in [6, 6.07) is 0. The van der Waals surface area contributed by atoms with Crippen LogP contribution in [0.2, 0.25) is 0 Å². The lowest BCUT2D eigenvalue weighted by Crippen LogP contribution is -2.29. The van der Waals surface area contributed by atoms with E-state index in [0.29, 0.717) is 5.88 Å². The van der Waals surface area contributed by atoms with E-state index in [0.717, 1.165) is 24.6 Å². The number of anilines is 1. The van der Waals surface area contributed by atoms with E-state index in [2.05, 4.69) is 33.9 Å². The van der Waals surface area contributed by atoms with E-state index in [1.165, 1.54) is 0 Å². The molecule has 1 aromatic rings. The van der Waals surface area contributed by atoms with Crippen LogP contribution in [0.25, 0.3) is 0 Å². The highest BCUT2D eigenvalue weighted by Crippen LogP contribution is 2.07. The molecule has 0 saturated heterocycles. The van der Waals surface area contributed by atoms with Crippen molar-refractivity contribution in [3.8, 4) is 0 Å². The van der Waals surface area contributed by atoms with Crippen molar-refractivity contribution >= 4 is 17.4 Å². The van der Waals surface area contributed by atoms with Gasteiger partial charge in [-0.1, -0.05) is 0 Å². The van der Waals surface area contributed by atoms with Crippen molar-refractivity contribution in [2.24, 2.45) is 0 Å². The molecule has 0 fully saturated rings. The maximum Gasteiger partial charge on any atom is 0.146 e. The molecule has 1 aromatic heterocycles. The average molecular weight is 229 g/mol. The summed E-state index contributed by atoms with van der Waals surface area (Å²) in [5.74, 6) is 1.29. The van der Waals surface area contributed by atoms with E-state index < -0.39 is 0 Å². The molecule has 0 unspecified atom stereocenters. The van der Waals surface area contributed by atoms with E-state index in [9.17, 15) is 0 Å². The summed E-state index contributed by atoms with van der Waals surface area (Å²) < 4.78 is 0. The smallest absolute Gasteiger partial charge is 0.146 e. The molecule has 0 aromatic carbocycles. The van der Waals surface area contributed by atoms with E-state index >= 15 is 0 Å². The number of nitrogens with zero attached hydrogens (tertiary/aromatic N) is 4. The van der Waals surface area contributed by atoms with E-state index in [-0.39, 0.29) is 0 Å². The quantitative estimate of drug-likeness (QED) is 0.710. The Balaban J connectivity index is 2.54. The van der Waals surface area contributed by atoms with E-state index in [1.807, 2.05) is 7.05 Å². The van der Waals surface area contributed by atoms with Gasteiger partial charge in [-0.3, -0.25) is 4.98 Å². The van der Waals surface area contributed by atoms with Gasteiger partial charge in [0, 0.05) is 20.1 Å². The van der Waals surface area contributed by atoms with Crippen LogP contribution in [0.15, 0.2) is 12.4 Å². The third-order valence-corrected chi connectivity index (χ3v) is 2.38. The molecular formula is C10H17ClN4. The van der Waals surface area contributed by atoms with Gasteiger partial charge in [-0.15, -0.1) is 11.6 Å². The highest BCUT2D eigenvalue weighted by atomic mass is 35.5. The summed E-state index contributed by atoms with van der Waals surface area (Å²) in [4.78, 5) is 12.7. The van der Waals surface area contributed by atoms with Gasteiger partial charge < -0.3 is 9.80 Å². The molecule has 1 heterocycles. The molecule has 0 aliphatic carbocycles. The number of hydrogen-bond acceptors (Lipinski definition) is 4. The fourth-order valence-electron chi connectivity index (χ4n) is 1.08. The van der Waals surface area contributed by atoms with Crippen LogP contribution in [-0.4, -0.2) is 49.1 Å². The molecular weight excluding hydrogens is 212 g/mol. The minimum atomic E-state index is 0.411. The maximum atomic E-state index is 5.64. The molecule has 0 radical (unpaired) electrons. The van der Waals surface area contributed by atoms with Gasteiger partial charge >= 0.3 is 0 Å². The van der Waals surface area contributed by atoms with Crippen LogP contribution in [-0.2, 0) is 5.88 Å². The van der Waals surface area contributed by atoms with Crippen LogP contribution in [0.4, 0.5) is 5.82 Å². The molecule has 0 N–H and O–H groups in total. The molecule has 0 spiro atoms. The van der Waals surface area contributed by atoms with Crippen LogP contribution in [0.5, 0.6) is 0 Å².